The van der Waals surface area contributed by atoms with Gasteiger partial charge in [-0.3, -0.25) is 0 Å². The molecule has 2 heteroatoms. The van der Waals surface area contributed by atoms with Crippen LogP contribution in [-0.4, -0.2) is 24.6 Å². The number of nitrogens with one attached hydrogen (secondary N) is 1. The van der Waals surface area contributed by atoms with Crippen molar-refractivity contribution in [2.24, 2.45) is 0 Å². The van der Waals surface area contributed by atoms with E-state index >= 15 is 0 Å². The second-order valence-electron chi connectivity index (χ2n) is 3.77. The molecule has 84 valence electrons. The Hall–Kier alpha value is 0.0500. The molecule has 0 aliphatic rings. The van der Waals surface area contributed by atoms with Crippen LogP contribution >= 0.6 is 11.8 Å². The molecule has 0 aromatic rings. The van der Waals surface area contributed by atoms with Crippen molar-refractivity contribution in [3.05, 3.63) is 12.7 Å². The second-order valence-corrected chi connectivity index (χ2v) is 4.76. The summed E-state index contributed by atoms with van der Waals surface area (Å²) in [5.74, 6) is 1.31. The van der Waals surface area contributed by atoms with Gasteiger partial charge < -0.3 is 5.32 Å². The Kier molecular flexibility index (Phi) is 11.2. The van der Waals surface area contributed by atoms with Crippen LogP contribution < -0.4 is 5.32 Å². The van der Waals surface area contributed by atoms with Gasteiger partial charge in [-0.15, -0.1) is 6.58 Å². The number of rotatable bonds is 10. The lowest BCUT2D eigenvalue weighted by Gasteiger charge is -2.12. The fourth-order valence-electron chi connectivity index (χ4n) is 1.37. The molecule has 0 amide bonds. The summed E-state index contributed by atoms with van der Waals surface area (Å²) in [6.45, 7) is 7.16. The van der Waals surface area contributed by atoms with Gasteiger partial charge in [0, 0.05) is 6.04 Å². The van der Waals surface area contributed by atoms with E-state index in [0.717, 1.165) is 6.42 Å². The molecular formula is C12H25NS. The Bertz CT molecular complexity index is 125. The molecule has 0 saturated heterocycles. The molecule has 0 fully saturated rings. The highest BCUT2D eigenvalue weighted by Gasteiger charge is 1.98. The molecule has 1 nitrogen and oxygen atoms in total. The van der Waals surface area contributed by atoms with Crippen LogP contribution in [0.3, 0.4) is 0 Å². The lowest BCUT2D eigenvalue weighted by molar-refractivity contribution is 0.502. The first-order valence-electron chi connectivity index (χ1n) is 5.64. The maximum atomic E-state index is 3.73. The molecule has 0 aromatic carbocycles. The third-order valence-corrected chi connectivity index (χ3v) is 3.02. The average molecular weight is 215 g/mol. The smallest absolute Gasteiger partial charge is 0.00416 e. The number of thioether (sulfide) groups is 1. The minimum absolute atomic E-state index is 0.647. The SMILES string of the molecule is C=CCCC(C)NCCCCCSC. The van der Waals surface area contributed by atoms with Crippen LogP contribution in [0.4, 0.5) is 0 Å². The van der Waals surface area contributed by atoms with E-state index in [2.05, 4.69) is 25.1 Å². The Morgan fingerprint density at radius 2 is 2.14 bits per heavy atom. The first kappa shape index (κ1) is 14.1. The predicted octanol–water partition coefficient (Wildman–Crippen LogP) is 3.46. The summed E-state index contributed by atoms with van der Waals surface area (Å²) in [5.41, 5.74) is 0. The molecule has 0 bridgehead atoms. The summed E-state index contributed by atoms with van der Waals surface area (Å²) in [6.07, 6.45) is 10.6. The van der Waals surface area contributed by atoms with Crippen molar-refractivity contribution in [1.82, 2.24) is 5.32 Å². The van der Waals surface area contributed by atoms with Crippen LogP contribution in [0.2, 0.25) is 0 Å². The van der Waals surface area contributed by atoms with Crippen LogP contribution in [-0.2, 0) is 0 Å². The molecule has 1 N–H and O–H groups in total. The molecule has 1 unspecified atom stereocenters. The van der Waals surface area contributed by atoms with Gasteiger partial charge in [-0.25, -0.2) is 0 Å². The summed E-state index contributed by atoms with van der Waals surface area (Å²) in [7, 11) is 0. The molecule has 0 aromatic heterocycles. The molecule has 0 saturated carbocycles. The van der Waals surface area contributed by atoms with Crippen molar-refractivity contribution in [2.45, 2.75) is 45.1 Å². The molecule has 0 aliphatic carbocycles. The van der Waals surface area contributed by atoms with E-state index in [9.17, 15) is 0 Å². The van der Waals surface area contributed by atoms with Gasteiger partial charge >= 0.3 is 0 Å². The second kappa shape index (κ2) is 11.1. The van der Waals surface area contributed by atoms with E-state index in [1.807, 2.05) is 17.8 Å². The van der Waals surface area contributed by atoms with Crippen LogP contribution in [0.1, 0.15) is 39.0 Å². The van der Waals surface area contributed by atoms with E-state index in [0.29, 0.717) is 6.04 Å². The van der Waals surface area contributed by atoms with E-state index in [1.165, 1.54) is 38.0 Å². The van der Waals surface area contributed by atoms with E-state index < -0.39 is 0 Å². The lowest BCUT2D eigenvalue weighted by Crippen LogP contribution is -2.26. The highest BCUT2D eigenvalue weighted by molar-refractivity contribution is 7.98. The van der Waals surface area contributed by atoms with Gasteiger partial charge in [0.2, 0.25) is 0 Å². The lowest BCUT2D eigenvalue weighted by atomic mass is 10.1. The Morgan fingerprint density at radius 1 is 1.36 bits per heavy atom. The summed E-state index contributed by atoms with van der Waals surface area (Å²) in [5, 5.41) is 3.54. The van der Waals surface area contributed by atoms with Crippen molar-refractivity contribution in [3.8, 4) is 0 Å². The van der Waals surface area contributed by atoms with Crippen LogP contribution in [0.5, 0.6) is 0 Å². The fourth-order valence-corrected chi connectivity index (χ4v) is 1.86. The normalized spacial score (nSPS) is 12.7. The minimum Gasteiger partial charge on any atom is -0.314 e. The molecule has 0 aliphatic heterocycles. The molecule has 14 heavy (non-hydrogen) atoms. The predicted molar refractivity (Wildman–Crippen MR) is 69.1 cm³/mol. The van der Waals surface area contributed by atoms with Crippen molar-refractivity contribution in [3.63, 3.8) is 0 Å². The number of hydrogen-bond acceptors (Lipinski definition) is 2. The summed E-state index contributed by atoms with van der Waals surface area (Å²) < 4.78 is 0. The summed E-state index contributed by atoms with van der Waals surface area (Å²) in [6, 6.07) is 0.647. The van der Waals surface area contributed by atoms with Gasteiger partial charge in [0.05, 0.1) is 0 Å². The van der Waals surface area contributed by atoms with E-state index in [4.69, 9.17) is 0 Å². The first-order valence-corrected chi connectivity index (χ1v) is 7.04. The third-order valence-electron chi connectivity index (χ3n) is 2.32. The molecule has 0 spiro atoms. The van der Waals surface area contributed by atoms with E-state index in [1.54, 1.807) is 0 Å². The molecule has 0 heterocycles. The maximum Gasteiger partial charge on any atom is 0.00416 e. The summed E-state index contributed by atoms with van der Waals surface area (Å²) in [4.78, 5) is 0. The van der Waals surface area contributed by atoms with Gasteiger partial charge in [0.25, 0.3) is 0 Å². The molecular weight excluding hydrogens is 190 g/mol. The largest absolute Gasteiger partial charge is 0.314 e. The van der Waals surface area contributed by atoms with Crippen molar-refractivity contribution < 1.29 is 0 Å². The number of allylic oxidation sites excluding steroid dienone is 1. The summed E-state index contributed by atoms with van der Waals surface area (Å²) >= 11 is 1.95. The fraction of sp³-hybridized carbons (Fsp3) is 0.833. The minimum atomic E-state index is 0.647. The van der Waals surface area contributed by atoms with E-state index in [-0.39, 0.29) is 0 Å². The van der Waals surface area contributed by atoms with Gasteiger partial charge in [-0.05, 0) is 51.2 Å². The monoisotopic (exact) mass is 215 g/mol. The third kappa shape index (κ3) is 10.1. The first-order chi connectivity index (χ1) is 6.81. The van der Waals surface area contributed by atoms with Crippen LogP contribution in [0.15, 0.2) is 12.7 Å². The Morgan fingerprint density at radius 3 is 2.79 bits per heavy atom. The Labute approximate surface area is 93.7 Å². The quantitative estimate of drug-likeness (QED) is 0.442. The molecule has 1 atom stereocenters. The number of unbranched alkanes of at least 4 members (excludes halogenated alkanes) is 2. The highest BCUT2D eigenvalue weighted by atomic mass is 32.2. The Balaban J connectivity index is 3.06. The van der Waals surface area contributed by atoms with Gasteiger partial charge in [-0.1, -0.05) is 12.5 Å². The number of hydrogen-bond donors (Lipinski definition) is 1. The molecule has 0 rings (SSSR count). The van der Waals surface area contributed by atoms with Crippen molar-refractivity contribution >= 4 is 11.8 Å². The zero-order chi connectivity index (χ0) is 10.6. The standard InChI is InChI=1S/C12H25NS/c1-4-5-9-12(2)13-10-7-6-8-11-14-3/h4,12-13H,1,5-11H2,2-3H3. The highest BCUT2D eigenvalue weighted by Crippen LogP contribution is 2.02. The van der Waals surface area contributed by atoms with Crippen molar-refractivity contribution in [2.75, 3.05) is 18.6 Å². The zero-order valence-corrected chi connectivity index (χ0v) is 10.5. The average Bonchev–Trinajstić information content (AvgIpc) is 2.20. The van der Waals surface area contributed by atoms with Gasteiger partial charge in [-0.2, -0.15) is 11.8 Å². The van der Waals surface area contributed by atoms with Gasteiger partial charge in [0.15, 0.2) is 0 Å². The molecule has 0 radical (unpaired) electrons. The topological polar surface area (TPSA) is 12.0 Å². The van der Waals surface area contributed by atoms with Crippen LogP contribution in [0.25, 0.3) is 0 Å². The van der Waals surface area contributed by atoms with Gasteiger partial charge in [0.1, 0.15) is 0 Å². The zero-order valence-electron chi connectivity index (χ0n) is 9.72. The van der Waals surface area contributed by atoms with Crippen LogP contribution in [0, 0.1) is 0 Å². The van der Waals surface area contributed by atoms with Crippen molar-refractivity contribution in [1.29, 1.82) is 0 Å². The maximum absolute atomic E-state index is 3.73.